The zero-order valence-corrected chi connectivity index (χ0v) is 13.0. The van der Waals surface area contributed by atoms with Crippen LogP contribution in [0.3, 0.4) is 0 Å². The number of thiol groups is 1. The van der Waals surface area contributed by atoms with E-state index in [4.69, 9.17) is 0 Å². The average Bonchev–Trinajstić information content (AvgIpc) is 2.33. The Kier molecular flexibility index (Phi) is 14.6. The second-order valence-corrected chi connectivity index (χ2v) is 5.66. The molecule has 0 rings (SSSR count). The largest absolute Gasteiger partial charge is 0.306 e. The van der Waals surface area contributed by atoms with E-state index >= 15 is 0 Å². The quantitative estimate of drug-likeness (QED) is 0.368. The molecule has 0 unspecified atom stereocenters. The molecule has 0 heterocycles. The van der Waals surface area contributed by atoms with Crippen LogP contribution in [-0.2, 0) is 0 Å². The molecule has 0 saturated heterocycles. The smallest absolute Gasteiger partial charge is 0.00218 e. The summed E-state index contributed by atoms with van der Waals surface area (Å²) in [7, 11) is 2.27. The molecule has 104 valence electrons. The number of nitrogens with zero attached hydrogens (tertiary/aromatic N) is 1. The van der Waals surface area contributed by atoms with Gasteiger partial charge in [0.1, 0.15) is 0 Å². The third-order valence-corrected chi connectivity index (χ3v) is 3.66. The van der Waals surface area contributed by atoms with Crippen LogP contribution in [0.25, 0.3) is 0 Å². The van der Waals surface area contributed by atoms with Crippen molar-refractivity contribution in [1.82, 2.24) is 4.90 Å². The molecule has 0 aromatic rings. The Balaban J connectivity index is 3.05. The van der Waals surface area contributed by atoms with Crippen LogP contribution in [0.1, 0.15) is 71.1 Å². The highest BCUT2D eigenvalue weighted by Crippen LogP contribution is 2.08. The van der Waals surface area contributed by atoms with Crippen molar-refractivity contribution in [2.45, 2.75) is 71.1 Å². The standard InChI is InChI=1S/C15H33NS/c1-3-4-10-13-16(2)14-11-8-6-5-7-9-12-15-17/h17H,3-15H2,1-2H3. The van der Waals surface area contributed by atoms with Crippen LogP contribution < -0.4 is 0 Å². The molecule has 0 aliphatic rings. The highest BCUT2D eigenvalue weighted by molar-refractivity contribution is 7.80. The first-order valence-corrected chi connectivity index (χ1v) is 8.24. The predicted octanol–water partition coefficient (Wildman–Crippen LogP) is 4.77. The van der Waals surface area contributed by atoms with E-state index in [2.05, 4.69) is 31.5 Å². The van der Waals surface area contributed by atoms with Crippen molar-refractivity contribution in [3.63, 3.8) is 0 Å². The van der Waals surface area contributed by atoms with Crippen molar-refractivity contribution in [2.24, 2.45) is 0 Å². The van der Waals surface area contributed by atoms with Crippen LogP contribution in [0, 0.1) is 0 Å². The zero-order valence-electron chi connectivity index (χ0n) is 12.1. The van der Waals surface area contributed by atoms with E-state index in [9.17, 15) is 0 Å². The van der Waals surface area contributed by atoms with E-state index in [-0.39, 0.29) is 0 Å². The lowest BCUT2D eigenvalue weighted by Gasteiger charge is -2.15. The molecule has 0 saturated carbocycles. The van der Waals surface area contributed by atoms with Crippen LogP contribution in [0.4, 0.5) is 0 Å². The van der Waals surface area contributed by atoms with Gasteiger partial charge in [0.2, 0.25) is 0 Å². The number of rotatable bonds is 13. The van der Waals surface area contributed by atoms with Gasteiger partial charge in [-0.3, -0.25) is 0 Å². The topological polar surface area (TPSA) is 3.24 Å². The van der Waals surface area contributed by atoms with Gasteiger partial charge in [-0.05, 0) is 45.2 Å². The Morgan fingerprint density at radius 2 is 1.18 bits per heavy atom. The highest BCUT2D eigenvalue weighted by Gasteiger charge is 1.97. The van der Waals surface area contributed by atoms with Crippen LogP contribution in [-0.4, -0.2) is 30.8 Å². The molecule has 17 heavy (non-hydrogen) atoms. The average molecular weight is 260 g/mol. The normalized spacial score (nSPS) is 11.3. The van der Waals surface area contributed by atoms with E-state index in [0.717, 1.165) is 5.75 Å². The van der Waals surface area contributed by atoms with E-state index < -0.39 is 0 Å². The van der Waals surface area contributed by atoms with Crippen molar-refractivity contribution in [3.05, 3.63) is 0 Å². The van der Waals surface area contributed by atoms with Gasteiger partial charge in [-0.25, -0.2) is 0 Å². The summed E-state index contributed by atoms with van der Waals surface area (Å²) in [5, 5.41) is 0. The molecule has 0 N–H and O–H groups in total. The van der Waals surface area contributed by atoms with Gasteiger partial charge in [0.15, 0.2) is 0 Å². The van der Waals surface area contributed by atoms with Gasteiger partial charge in [-0.15, -0.1) is 0 Å². The summed E-state index contributed by atoms with van der Waals surface area (Å²) in [6.07, 6.45) is 13.8. The molecule has 0 spiro atoms. The third-order valence-electron chi connectivity index (χ3n) is 3.34. The fraction of sp³-hybridized carbons (Fsp3) is 1.00. The van der Waals surface area contributed by atoms with E-state index in [1.54, 1.807) is 0 Å². The minimum Gasteiger partial charge on any atom is -0.306 e. The highest BCUT2D eigenvalue weighted by atomic mass is 32.1. The first kappa shape index (κ1) is 17.3. The maximum absolute atomic E-state index is 4.23. The van der Waals surface area contributed by atoms with E-state index in [1.807, 2.05) is 0 Å². The van der Waals surface area contributed by atoms with Gasteiger partial charge in [0, 0.05) is 0 Å². The van der Waals surface area contributed by atoms with Crippen LogP contribution in [0.5, 0.6) is 0 Å². The SMILES string of the molecule is CCCCCN(C)CCCCCCCCCS. The molecule has 0 amide bonds. The summed E-state index contributed by atoms with van der Waals surface area (Å²) in [6, 6.07) is 0. The molecule has 0 aliphatic carbocycles. The first-order chi connectivity index (χ1) is 8.31. The van der Waals surface area contributed by atoms with Crippen molar-refractivity contribution in [3.8, 4) is 0 Å². The minimum absolute atomic E-state index is 1.06. The van der Waals surface area contributed by atoms with Crippen LogP contribution in [0.2, 0.25) is 0 Å². The Morgan fingerprint density at radius 3 is 1.71 bits per heavy atom. The molecule has 0 radical (unpaired) electrons. The summed E-state index contributed by atoms with van der Waals surface area (Å²) in [5.74, 6) is 1.06. The Bertz CT molecular complexity index is 139. The van der Waals surface area contributed by atoms with E-state index in [1.165, 1.54) is 77.3 Å². The maximum atomic E-state index is 4.23. The molecular weight excluding hydrogens is 226 g/mol. The third kappa shape index (κ3) is 14.2. The fourth-order valence-corrected chi connectivity index (χ4v) is 2.34. The molecule has 0 aliphatic heterocycles. The number of hydrogen-bond donors (Lipinski definition) is 1. The molecule has 0 bridgehead atoms. The number of hydrogen-bond acceptors (Lipinski definition) is 2. The summed E-state index contributed by atoms with van der Waals surface area (Å²) in [4.78, 5) is 2.50. The second kappa shape index (κ2) is 14.4. The zero-order chi connectivity index (χ0) is 12.8. The second-order valence-electron chi connectivity index (χ2n) is 5.21. The fourth-order valence-electron chi connectivity index (χ4n) is 2.12. The van der Waals surface area contributed by atoms with Gasteiger partial charge in [-0.1, -0.05) is 51.9 Å². The van der Waals surface area contributed by atoms with Gasteiger partial charge in [0.05, 0.1) is 0 Å². The van der Waals surface area contributed by atoms with Gasteiger partial charge in [0.25, 0.3) is 0 Å². The summed E-state index contributed by atoms with van der Waals surface area (Å²) in [6.45, 7) is 4.85. The lowest BCUT2D eigenvalue weighted by atomic mass is 10.1. The minimum atomic E-state index is 1.06. The Morgan fingerprint density at radius 1 is 0.706 bits per heavy atom. The van der Waals surface area contributed by atoms with Crippen molar-refractivity contribution in [2.75, 3.05) is 25.9 Å². The molecule has 0 atom stereocenters. The van der Waals surface area contributed by atoms with Gasteiger partial charge < -0.3 is 4.90 Å². The predicted molar refractivity (Wildman–Crippen MR) is 83.2 cm³/mol. The Labute approximate surface area is 115 Å². The van der Waals surface area contributed by atoms with Gasteiger partial charge in [-0.2, -0.15) is 12.6 Å². The van der Waals surface area contributed by atoms with Crippen molar-refractivity contribution < 1.29 is 0 Å². The molecule has 0 aromatic heterocycles. The Hall–Kier alpha value is 0.310. The summed E-state index contributed by atoms with van der Waals surface area (Å²) < 4.78 is 0. The van der Waals surface area contributed by atoms with Gasteiger partial charge >= 0.3 is 0 Å². The maximum Gasteiger partial charge on any atom is -0.00218 e. The number of unbranched alkanes of at least 4 members (excludes halogenated alkanes) is 8. The molecule has 0 aromatic carbocycles. The lowest BCUT2D eigenvalue weighted by molar-refractivity contribution is 0.316. The van der Waals surface area contributed by atoms with Crippen molar-refractivity contribution in [1.29, 1.82) is 0 Å². The lowest BCUT2D eigenvalue weighted by Crippen LogP contribution is -2.20. The summed E-state index contributed by atoms with van der Waals surface area (Å²) >= 11 is 4.23. The van der Waals surface area contributed by atoms with Crippen LogP contribution in [0.15, 0.2) is 0 Å². The first-order valence-electron chi connectivity index (χ1n) is 7.60. The van der Waals surface area contributed by atoms with Crippen LogP contribution >= 0.6 is 12.6 Å². The molecule has 1 nitrogen and oxygen atoms in total. The monoisotopic (exact) mass is 259 g/mol. The molecule has 2 heteroatoms. The molecular formula is C15H33NS. The molecule has 0 fully saturated rings. The van der Waals surface area contributed by atoms with Crippen molar-refractivity contribution >= 4 is 12.6 Å². The van der Waals surface area contributed by atoms with E-state index in [0.29, 0.717) is 0 Å². The summed E-state index contributed by atoms with van der Waals surface area (Å²) in [5.41, 5.74) is 0.